The van der Waals surface area contributed by atoms with Crippen molar-refractivity contribution in [2.75, 3.05) is 6.61 Å². The van der Waals surface area contributed by atoms with Crippen LogP contribution in [0.5, 0.6) is 0 Å². The zero-order chi connectivity index (χ0) is 4.28. The number of aliphatic hydroxyl groups is 2. The molecule has 1 unspecified atom stereocenters. The fourth-order valence-electron chi connectivity index (χ4n) is 0. The Morgan fingerprint density at radius 2 is 1.71 bits per heavy atom. The van der Waals surface area contributed by atoms with E-state index in [-0.39, 0.29) is 36.4 Å². The van der Waals surface area contributed by atoms with Crippen LogP contribution in [0.3, 0.4) is 0 Å². The molecule has 0 saturated carbocycles. The number of halogens is 1. The Balaban J connectivity index is -0.0000000800. The molecule has 0 amide bonds. The molecule has 0 aliphatic carbocycles. The Morgan fingerprint density at radius 3 is 1.71 bits per heavy atom. The molecule has 3 radical (unpaired) electrons. The Morgan fingerprint density at radius 1 is 1.57 bits per heavy atom. The first-order valence-electron chi connectivity index (χ1n) is 1.56. The summed E-state index contributed by atoms with van der Waals surface area (Å²) in [4.78, 5) is 0. The lowest BCUT2D eigenvalue weighted by atomic mass is 10.5. The van der Waals surface area contributed by atoms with Gasteiger partial charge in [-0.15, -0.1) is 12.4 Å². The molecule has 2 N–H and O–H groups in total. The van der Waals surface area contributed by atoms with Crippen LogP contribution in [0.4, 0.5) is 0 Å². The summed E-state index contributed by atoms with van der Waals surface area (Å²) >= 11 is 0. The fraction of sp³-hybridized carbons (Fsp3) is 1.00. The monoisotopic (exact) mass is 139 g/mol. The molecular formula is C3H9AlClO2. The largest absolute Gasteiger partial charge is 0.394 e. The van der Waals surface area contributed by atoms with Gasteiger partial charge in [0.05, 0.1) is 12.7 Å². The van der Waals surface area contributed by atoms with Gasteiger partial charge in [0.1, 0.15) is 0 Å². The van der Waals surface area contributed by atoms with Gasteiger partial charge in [0.15, 0.2) is 0 Å². The van der Waals surface area contributed by atoms with Crippen molar-refractivity contribution in [1.82, 2.24) is 0 Å². The van der Waals surface area contributed by atoms with Crippen molar-refractivity contribution < 1.29 is 10.2 Å². The van der Waals surface area contributed by atoms with Crippen LogP contribution >= 0.6 is 12.4 Å². The van der Waals surface area contributed by atoms with Crippen LogP contribution < -0.4 is 0 Å². The molecule has 43 valence electrons. The van der Waals surface area contributed by atoms with E-state index in [0.29, 0.717) is 0 Å². The maximum absolute atomic E-state index is 8.11. The van der Waals surface area contributed by atoms with Crippen LogP contribution in [0.25, 0.3) is 0 Å². The second-order valence-electron chi connectivity index (χ2n) is 1.03. The van der Waals surface area contributed by atoms with Gasteiger partial charge in [-0.3, -0.25) is 0 Å². The lowest BCUT2D eigenvalue weighted by molar-refractivity contribution is 0.110. The summed E-state index contributed by atoms with van der Waals surface area (Å²) in [5.74, 6) is 0. The van der Waals surface area contributed by atoms with Gasteiger partial charge in [-0.05, 0) is 6.92 Å². The summed E-state index contributed by atoms with van der Waals surface area (Å²) in [5.41, 5.74) is 0. The van der Waals surface area contributed by atoms with Crippen LogP contribution in [-0.4, -0.2) is 40.3 Å². The highest BCUT2D eigenvalue weighted by molar-refractivity contribution is 5.85. The van der Waals surface area contributed by atoms with Gasteiger partial charge in [-0.1, -0.05) is 0 Å². The van der Waals surface area contributed by atoms with E-state index in [2.05, 4.69) is 0 Å². The SMILES string of the molecule is CC(O)CO.Cl.[Al]. The van der Waals surface area contributed by atoms with Gasteiger partial charge in [-0.2, -0.15) is 0 Å². The van der Waals surface area contributed by atoms with E-state index in [1.54, 1.807) is 0 Å². The molecule has 4 heteroatoms. The highest BCUT2D eigenvalue weighted by atomic mass is 35.5. The molecule has 0 saturated heterocycles. The zero-order valence-corrected chi connectivity index (χ0v) is 6.14. The molecule has 2 nitrogen and oxygen atoms in total. The lowest BCUT2D eigenvalue weighted by Crippen LogP contribution is -2.03. The molecule has 0 aliphatic rings. The minimum absolute atomic E-state index is 0. The highest BCUT2D eigenvalue weighted by Gasteiger charge is 1.83. The minimum atomic E-state index is -0.560. The molecule has 0 spiro atoms. The molecule has 0 fully saturated rings. The lowest BCUT2D eigenvalue weighted by Gasteiger charge is -1.90. The Labute approximate surface area is 60.1 Å². The first-order chi connectivity index (χ1) is 2.27. The summed E-state index contributed by atoms with van der Waals surface area (Å²) in [6.07, 6.45) is -0.560. The van der Waals surface area contributed by atoms with E-state index in [9.17, 15) is 0 Å². The van der Waals surface area contributed by atoms with Crippen molar-refractivity contribution in [2.24, 2.45) is 0 Å². The molecular weight excluding hydrogens is 130 g/mol. The highest BCUT2D eigenvalue weighted by Crippen LogP contribution is 1.68. The van der Waals surface area contributed by atoms with Crippen molar-refractivity contribution >= 4 is 29.8 Å². The van der Waals surface area contributed by atoms with E-state index in [4.69, 9.17) is 10.2 Å². The van der Waals surface area contributed by atoms with Gasteiger partial charge in [0.2, 0.25) is 0 Å². The Bertz CT molecular complexity index is 26.9. The molecule has 0 rings (SSSR count). The summed E-state index contributed by atoms with van der Waals surface area (Å²) in [6.45, 7) is 1.39. The molecule has 0 aromatic rings. The molecule has 0 aliphatic heterocycles. The van der Waals surface area contributed by atoms with Gasteiger partial charge in [-0.25, -0.2) is 0 Å². The van der Waals surface area contributed by atoms with Gasteiger partial charge in [0.25, 0.3) is 0 Å². The Kier molecular flexibility index (Phi) is 22.1. The van der Waals surface area contributed by atoms with Crippen LogP contribution in [0.15, 0.2) is 0 Å². The summed E-state index contributed by atoms with van der Waals surface area (Å²) in [5, 5.41) is 16.0. The second-order valence-corrected chi connectivity index (χ2v) is 1.03. The Hall–Kier alpha value is 0.742. The van der Waals surface area contributed by atoms with Gasteiger partial charge < -0.3 is 10.2 Å². The molecule has 7 heavy (non-hydrogen) atoms. The smallest absolute Gasteiger partial charge is 0.0742 e. The predicted molar refractivity (Wildman–Crippen MR) is 31.8 cm³/mol. The maximum atomic E-state index is 8.11. The second kappa shape index (κ2) is 9.89. The van der Waals surface area contributed by atoms with Crippen molar-refractivity contribution in [3.63, 3.8) is 0 Å². The van der Waals surface area contributed by atoms with E-state index >= 15 is 0 Å². The topological polar surface area (TPSA) is 40.5 Å². The van der Waals surface area contributed by atoms with Crippen LogP contribution in [-0.2, 0) is 0 Å². The molecule has 0 aromatic carbocycles. The average Bonchev–Trinajstić information content (AvgIpc) is 1.38. The van der Waals surface area contributed by atoms with E-state index < -0.39 is 6.10 Å². The van der Waals surface area contributed by atoms with Crippen molar-refractivity contribution in [3.8, 4) is 0 Å². The number of hydrogen-bond donors (Lipinski definition) is 2. The summed E-state index contributed by atoms with van der Waals surface area (Å²) < 4.78 is 0. The van der Waals surface area contributed by atoms with Crippen molar-refractivity contribution in [2.45, 2.75) is 13.0 Å². The van der Waals surface area contributed by atoms with E-state index in [1.165, 1.54) is 6.92 Å². The third kappa shape index (κ3) is 20.2. The predicted octanol–water partition coefficient (Wildman–Crippen LogP) is -0.599. The van der Waals surface area contributed by atoms with Crippen molar-refractivity contribution in [1.29, 1.82) is 0 Å². The maximum Gasteiger partial charge on any atom is 0.0742 e. The molecule has 1 atom stereocenters. The molecule has 0 aromatic heterocycles. The van der Waals surface area contributed by atoms with Gasteiger partial charge in [0, 0.05) is 17.4 Å². The summed E-state index contributed by atoms with van der Waals surface area (Å²) in [7, 11) is 0. The third-order valence-corrected chi connectivity index (χ3v) is 0.264. The number of rotatable bonds is 1. The first-order valence-corrected chi connectivity index (χ1v) is 1.56. The molecule has 0 bridgehead atoms. The summed E-state index contributed by atoms with van der Waals surface area (Å²) in [6, 6.07) is 0. The number of hydrogen-bond acceptors (Lipinski definition) is 2. The van der Waals surface area contributed by atoms with Crippen LogP contribution in [0, 0.1) is 0 Å². The number of aliphatic hydroxyl groups excluding tert-OH is 2. The van der Waals surface area contributed by atoms with E-state index in [1.807, 2.05) is 0 Å². The normalized spacial score (nSPS) is 10.7. The fourth-order valence-corrected chi connectivity index (χ4v) is 0. The van der Waals surface area contributed by atoms with Crippen molar-refractivity contribution in [3.05, 3.63) is 0 Å². The minimum Gasteiger partial charge on any atom is -0.394 e. The van der Waals surface area contributed by atoms with Gasteiger partial charge >= 0.3 is 0 Å². The first kappa shape index (κ1) is 15.6. The molecule has 0 heterocycles. The third-order valence-electron chi connectivity index (χ3n) is 0.264. The van der Waals surface area contributed by atoms with Crippen LogP contribution in [0.2, 0.25) is 0 Å². The standard InChI is InChI=1S/C3H8O2.Al.ClH/c1-3(5)2-4;;/h3-5H,2H2,1H3;;1H. The zero-order valence-electron chi connectivity index (χ0n) is 4.16. The van der Waals surface area contributed by atoms with E-state index in [0.717, 1.165) is 0 Å². The quantitative estimate of drug-likeness (QED) is 0.477. The van der Waals surface area contributed by atoms with Crippen LogP contribution in [0.1, 0.15) is 6.92 Å². The average molecular weight is 140 g/mol.